The average Bonchev–Trinajstić information content (AvgIpc) is 2.71. The highest BCUT2D eigenvalue weighted by molar-refractivity contribution is 7.80. The molecule has 0 radical (unpaired) electrons. The third-order valence-corrected chi connectivity index (χ3v) is 3.82. The van der Waals surface area contributed by atoms with E-state index in [1.54, 1.807) is 12.1 Å². The summed E-state index contributed by atoms with van der Waals surface area (Å²) >= 11 is 4.95. The molecule has 2 aromatic rings. The number of methoxy groups -OCH3 is 1. The Kier molecular flexibility index (Phi) is 7.19. The van der Waals surface area contributed by atoms with Crippen LogP contribution in [0, 0.1) is 30.3 Å². The molecule has 15 heteroatoms. The maximum absolute atomic E-state index is 11.3. The van der Waals surface area contributed by atoms with E-state index in [9.17, 15) is 35.1 Å². The number of carbonyl (C=O) groups is 1. The van der Waals surface area contributed by atoms with Gasteiger partial charge < -0.3 is 10.1 Å². The standard InChI is InChI=1S/C16H12N6O8S/c1-30-16(23)19-15(31)18-12-5-3-2-4-11(12)17-8-10-13(21(26)27)6-9(20(24)25)7-14(10)22(28)29/h2-8H,1H3,(H2,18,19,23,31). The number of para-hydroxylation sites is 2. The smallest absolute Gasteiger partial charge is 0.413 e. The van der Waals surface area contributed by atoms with Gasteiger partial charge >= 0.3 is 6.09 Å². The number of nitrogens with zero attached hydrogens (tertiary/aromatic N) is 4. The minimum atomic E-state index is -0.985. The lowest BCUT2D eigenvalue weighted by Gasteiger charge is -2.10. The van der Waals surface area contributed by atoms with E-state index >= 15 is 0 Å². The van der Waals surface area contributed by atoms with Crippen molar-refractivity contribution < 1.29 is 24.3 Å². The summed E-state index contributed by atoms with van der Waals surface area (Å²) in [5.74, 6) is 0. The van der Waals surface area contributed by atoms with Gasteiger partial charge in [-0.1, -0.05) is 12.1 Å². The van der Waals surface area contributed by atoms with Gasteiger partial charge in [0.05, 0.1) is 45.4 Å². The molecule has 2 aromatic carbocycles. The van der Waals surface area contributed by atoms with Crippen LogP contribution in [-0.4, -0.2) is 39.3 Å². The number of thiocarbonyl (C=S) groups is 1. The fourth-order valence-electron chi connectivity index (χ4n) is 2.27. The summed E-state index contributed by atoms with van der Waals surface area (Å²) in [6.07, 6.45) is 0.0210. The first kappa shape index (κ1) is 22.8. The summed E-state index contributed by atoms with van der Waals surface area (Å²) in [5.41, 5.74) is -2.66. The molecule has 0 aliphatic rings. The fraction of sp³-hybridized carbons (Fsp3) is 0.0625. The van der Waals surface area contributed by atoms with E-state index in [0.717, 1.165) is 13.3 Å². The molecule has 0 aromatic heterocycles. The Balaban J connectivity index is 2.50. The molecule has 0 unspecified atom stereocenters. The first-order valence-corrected chi connectivity index (χ1v) is 8.45. The first-order valence-electron chi connectivity index (χ1n) is 8.04. The van der Waals surface area contributed by atoms with Crippen molar-refractivity contribution in [3.05, 3.63) is 72.3 Å². The van der Waals surface area contributed by atoms with Crippen molar-refractivity contribution in [3.8, 4) is 0 Å². The van der Waals surface area contributed by atoms with Crippen molar-refractivity contribution in [2.45, 2.75) is 0 Å². The van der Waals surface area contributed by atoms with Crippen LogP contribution in [0.1, 0.15) is 5.56 Å². The fourth-order valence-corrected chi connectivity index (χ4v) is 2.46. The lowest BCUT2D eigenvalue weighted by Crippen LogP contribution is -2.33. The number of ether oxygens (including phenoxy) is 1. The average molecular weight is 448 g/mol. The van der Waals surface area contributed by atoms with Gasteiger partial charge in [-0.25, -0.2) is 4.79 Å². The van der Waals surface area contributed by atoms with Crippen LogP contribution in [0.4, 0.5) is 33.2 Å². The molecule has 160 valence electrons. The Morgan fingerprint density at radius 2 is 1.65 bits per heavy atom. The molecule has 31 heavy (non-hydrogen) atoms. The number of hydrogen-bond donors (Lipinski definition) is 2. The van der Waals surface area contributed by atoms with Crippen LogP contribution in [0.2, 0.25) is 0 Å². The van der Waals surface area contributed by atoms with E-state index < -0.39 is 43.5 Å². The summed E-state index contributed by atoms with van der Waals surface area (Å²) < 4.78 is 4.41. The normalized spacial score (nSPS) is 10.4. The van der Waals surface area contributed by atoms with Crippen molar-refractivity contribution in [3.63, 3.8) is 0 Å². The molecule has 2 rings (SSSR count). The number of nitro groups is 3. The third kappa shape index (κ3) is 5.73. The molecule has 0 heterocycles. The van der Waals surface area contributed by atoms with Crippen molar-refractivity contribution in [1.82, 2.24) is 5.32 Å². The molecule has 0 fully saturated rings. The van der Waals surface area contributed by atoms with Gasteiger partial charge in [0.15, 0.2) is 5.11 Å². The molecule has 14 nitrogen and oxygen atoms in total. The zero-order valence-corrected chi connectivity index (χ0v) is 16.3. The van der Waals surface area contributed by atoms with Crippen LogP contribution in [0.3, 0.4) is 0 Å². The minimum absolute atomic E-state index is 0.137. The molecule has 0 aliphatic heterocycles. The highest BCUT2D eigenvalue weighted by atomic mass is 32.1. The number of rotatable bonds is 6. The molecule has 0 saturated heterocycles. The van der Waals surface area contributed by atoms with Crippen LogP contribution in [0.15, 0.2) is 41.4 Å². The van der Waals surface area contributed by atoms with E-state index in [4.69, 9.17) is 12.2 Å². The van der Waals surface area contributed by atoms with E-state index in [1.165, 1.54) is 12.1 Å². The molecule has 1 amide bonds. The molecule has 2 N–H and O–H groups in total. The summed E-state index contributed by atoms with van der Waals surface area (Å²) in [7, 11) is 1.14. The van der Waals surface area contributed by atoms with E-state index in [1.807, 2.05) is 0 Å². The number of alkyl carbamates (subject to hydrolysis) is 1. The molecule has 0 aliphatic carbocycles. The number of non-ortho nitro benzene ring substituents is 1. The number of nitro benzene ring substituents is 3. The second-order valence-corrected chi connectivity index (χ2v) is 5.92. The lowest BCUT2D eigenvalue weighted by molar-refractivity contribution is -0.403. The quantitative estimate of drug-likeness (QED) is 0.287. The molecule has 0 saturated carbocycles. The van der Waals surface area contributed by atoms with Gasteiger partial charge in [0.25, 0.3) is 17.1 Å². The zero-order valence-electron chi connectivity index (χ0n) is 15.5. The topological polar surface area (TPSA) is 192 Å². The van der Waals surface area contributed by atoms with Gasteiger partial charge in [0.2, 0.25) is 0 Å². The molecular weight excluding hydrogens is 436 g/mol. The maximum atomic E-state index is 11.3. The molecule has 0 bridgehead atoms. The summed E-state index contributed by atoms with van der Waals surface area (Å²) in [5, 5.41) is 38.4. The number of hydrogen-bond acceptors (Lipinski definition) is 10. The van der Waals surface area contributed by atoms with Gasteiger partial charge in [-0.05, 0) is 24.4 Å². The molecular formula is C16H12N6O8S. The lowest BCUT2D eigenvalue weighted by atomic mass is 10.1. The van der Waals surface area contributed by atoms with Gasteiger partial charge in [0.1, 0.15) is 5.56 Å². The SMILES string of the molecule is COC(=O)NC(=S)Nc1ccccc1N=Cc1c([N+](=O)[O-])cc([N+](=O)[O-])cc1[N+](=O)[O-]. The highest BCUT2D eigenvalue weighted by Crippen LogP contribution is 2.33. The number of nitrogens with one attached hydrogen (secondary N) is 2. The van der Waals surface area contributed by atoms with Crippen LogP contribution in [0.5, 0.6) is 0 Å². The number of carbonyl (C=O) groups excluding carboxylic acids is 1. The van der Waals surface area contributed by atoms with Crippen molar-refractivity contribution in [1.29, 1.82) is 0 Å². The first-order chi connectivity index (χ1) is 14.6. The van der Waals surface area contributed by atoms with Gasteiger partial charge in [-0.2, -0.15) is 0 Å². The largest absolute Gasteiger partial charge is 0.453 e. The minimum Gasteiger partial charge on any atom is -0.453 e. The van der Waals surface area contributed by atoms with Crippen molar-refractivity contribution >= 4 is 58.1 Å². The molecule has 0 atom stereocenters. The van der Waals surface area contributed by atoms with Gasteiger partial charge in [-0.15, -0.1) is 0 Å². The molecule has 0 spiro atoms. The number of benzene rings is 2. The van der Waals surface area contributed by atoms with Gasteiger partial charge in [0, 0.05) is 6.21 Å². The van der Waals surface area contributed by atoms with E-state index in [2.05, 4.69) is 20.4 Å². The Hall–Kier alpha value is -4.53. The second kappa shape index (κ2) is 9.79. The zero-order chi connectivity index (χ0) is 23.1. The van der Waals surface area contributed by atoms with Crippen molar-refractivity contribution in [2.75, 3.05) is 12.4 Å². The maximum Gasteiger partial charge on any atom is 0.413 e. The van der Waals surface area contributed by atoms with Crippen LogP contribution < -0.4 is 10.6 Å². The predicted octanol–water partition coefficient (Wildman–Crippen LogP) is 3.21. The van der Waals surface area contributed by atoms with Crippen LogP contribution in [-0.2, 0) is 4.74 Å². The Morgan fingerprint density at radius 3 is 2.16 bits per heavy atom. The summed E-state index contributed by atoms with van der Waals surface area (Å²) in [6.45, 7) is 0. The predicted molar refractivity (Wildman–Crippen MR) is 112 cm³/mol. The Bertz CT molecular complexity index is 1080. The monoisotopic (exact) mass is 448 g/mol. The number of anilines is 1. The summed E-state index contributed by atoms with van der Waals surface area (Å²) in [4.78, 5) is 45.9. The third-order valence-electron chi connectivity index (χ3n) is 3.61. The Morgan fingerprint density at radius 1 is 1.06 bits per heavy atom. The van der Waals surface area contributed by atoms with Crippen LogP contribution >= 0.6 is 12.2 Å². The van der Waals surface area contributed by atoms with Gasteiger partial charge in [-0.3, -0.25) is 40.7 Å². The highest BCUT2D eigenvalue weighted by Gasteiger charge is 2.29. The van der Waals surface area contributed by atoms with Crippen molar-refractivity contribution in [2.24, 2.45) is 4.99 Å². The van der Waals surface area contributed by atoms with E-state index in [-0.39, 0.29) is 16.5 Å². The van der Waals surface area contributed by atoms with Crippen LogP contribution in [0.25, 0.3) is 0 Å². The van der Waals surface area contributed by atoms with E-state index in [0.29, 0.717) is 12.1 Å². The second-order valence-electron chi connectivity index (χ2n) is 5.52. The number of aliphatic imine (C=N–C) groups is 1. The summed E-state index contributed by atoms with van der Waals surface area (Å²) in [6, 6.07) is 7.34. The Labute approximate surface area is 178 Å². The number of amides is 1.